The van der Waals surface area contributed by atoms with Crippen molar-refractivity contribution in [3.05, 3.63) is 24.3 Å². The van der Waals surface area contributed by atoms with Gasteiger partial charge in [0.2, 0.25) is 0 Å². The third kappa shape index (κ3) is 5.10. The zero-order chi connectivity index (χ0) is 19.1. The maximum absolute atomic E-state index is 11.5. The first-order valence-corrected chi connectivity index (χ1v) is 7.77. The van der Waals surface area contributed by atoms with Gasteiger partial charge in [0.1, 0.15) is 13.1 Å². The Bertz CT molecular complexity index is 613. The lowest BCUT2D eigenvalue weighted by Gasteiger charge is -2.13. The van der Waals surface area contributed by atoms with Crippen LogP contribution in [-0.4, -0.2) is 71.7 Å². The molecule has 2 aliphatic heterocycles. The molecule has 0 spiro atoms. The second-order valence-electron chi connectivity index (χ2n) is 5.34. The number of carbonyl (C=O) groups excluding carboxylic acids is 6. The van der Waals surface area contributed by atoms with Gasteiger partial charge in [-0.25, -0.2) is 0 Å². The highest BCUT2D eigenvalue weighted by Gasteiger charge is 2.27. The van der Waals surface area contributed by atoms with Crippen LogP contribution in [0, 0.1) is 0 Å². The van der Waals surface area contributed by atoms with Gasteiger partial charge in [0.05, 0.1) is 13.2 Å². The van der Waals surface area contributed by atoms with Gasteiger partial charge in [-0.2, -0.15) is 0 Å². The van der Waals surface area contributed by atoms with E-state index in [2.05, 4.69) is 0 Å². The van der Waals surface area contributed by atoms with Crippen molar-refractivity contribution in [3.63, 3.8) is 0 Å². The van der Waals surface area contributed by atoms with E-state index >= 15 is 0 Å². The molecule has 0 fully saturated rings. The molecule has 10 heteroatoms. The third-order valence-corrected chi connectivity index (χ3v) is 3.44. The Labute approximate surface area is 148 Å². The molecule has 0 atom stereocenters. The Morgan fingerprint density at radius 3 is 1.27 bits per heavy atom. The average Bonchev–Trinajstić information content (AvgIpc) is 3.08. The predicted molar refractivity (Wildman–Crippen MR) is 82.9 cm³/mol. The van der Waals surface area contributed by atoms with Gasteiger partial charge in [-0.05, 0) is 12.8 Å². The molecule has 2 heterocycles. The molecule has 0 bridgehead atoms. The van der Waals surface area contributed by atoms with Crippen LogP contribution in [0.4, 0.5) is 0 Å². The Hall–Kier alpha value is -3.30. The summed E-state index contributed by atoms with van der Waals surface area (Å²) in [6.45, 7) is -0.836. The molecule has 2 aliphatic rings. The zero-order valence-corrected chi connectivity index (χ0v) is 13.7. The molecule has 0 radical (unpaired) electrons. The first kappa shape index (κ1) is 19.0. The lowest BCUT2D eigenvalue weighted by atomic mass is 10.3. The van der Waals surface area contributed by atoms with Crippen LogP contribution in [0.15, 0.2) is 24.3 Å². The molecule has 0 saturated carbocycles. The van der Waals surface area contributed by atoms with Crippen molar-refractivity contribution in [2.45, 2.75) is 12.8 Å². The fourth-order valence-electron chi connectivity index (χ4n) is 2.10. The summed E-state index contributed by atoms with van der Waals surface area (Å²) >= 11 is 0. The van der Waals surface area contributed by atoms with E-state index in [0.29, 0.717) is 12.8 Å². The molecule has 138 valence electrons. The third-order valence-electron chi connectivity index (χ3n) is 3.44. The van der Waals surface area contributed by atoms with E-state index < -0.39 is 48.7 Å². The van der Waals surface area contributed by atoms with Crippen LogP contribution in [0.25, 0.3) is 0 Å². The number of ether oxygens (including phenoxy) is 2. The van der Waals surface area contributed by atoms with Crippen molar-refractivity contribution >= 4 is 35.6 Å². The zero-order valence-electron chi connectivity index (χ0n) is 13.7. The molecule has 0 N–H and O–H groups in total. The standard InChI is InChI=1S/C16H16N2O8/c19-11-3-4-12(20)17(11)9-15(23)25-7-1-2-8-26-16(24)10-18-13(21)5-6-14(18)22/h3-6H,1-2,7-10H2. The molecule has 26 heavy (non-hydrogen) atoms. The summed E-state index contributed by atoms with van der Waals surface area (Å²) in [7, 11) is 0. The maximum Gasteiger partial charge on any atom is 0.326 e. The molecular formula is C16H16N2O8. The van der Waals surface area contributed by atoms with Gasteiger partial charge in [0.15, 0.2) is 0 Å². The van der Waals surface area contributed by atoms with Crippen LogP contribution in [0.1, 0.15) is 12.8 Å². The van der Waals surface area contributed by atoms with Crippen LogP contribution >= 0.6 is 0 Å². The highest BCUT2D eigenvalue weighted by molar-refractivity contribution is 6.14. The highest BCUT2D eigenvalue weighted by Crippen LogP contribution is 2.05. The number of unbranched alkanes of at least 4 members (excludes halogenated alkanes) is 1. The first-order valence-electron chi connectivity index (χ1n) is 7.77. The van der Waals surface area contributed by atoms with Crippen LogP contribution in [0.5, 0.6) is 0 Å². The molecule has 0 aliphatic carbocycles. The lowest BCUT2D eigenvalue weighted by Crippen LogP contribution is -2.36. The van der Waals surface area contributed by atoms with E-state index in [1.165, 1.54) is 0 Å². The van der Waals surface area contributed by atoms with Crippen molar-refractivity contribution < 1.29 is 38.2 Å². The molecular weight excluding hydrogens is 348 g/mol. The molecule has 10 nitrogen and oxygen atoms in total. The fraction of sp³-hybridized carbons (Fsp3) is 0.375. The summed E-state index contributed by atoms with van der Waals surface area (Å²) in [4.78, 5) is 69.7. The van der Waals surface area contributed by atoms with Gasteiger partial charge in [-0.1, -0.05) is 0 Å². The first-order chi connectivity index (χ1) is 12.4. The van der Waals surface area contributed by atoms with Crippen LogP contribution in [0.3, 0.4) is 0 Å². The van der Waals surface area contributed by atoms with Crippen LogP contribution < -0.4 is 0 Å². The van der Waals surface area contributed by atoms with E-state index in [1.807, 2.05) is 0 Å². The minimum atomic E-state index is -0.717. The van der Waals surface area contributed by atoms with E-state index in [-0.39, 0.29) is 13.2 Å². The number of rotatable bonds is 9. The minimum absolute atomic E-state index is 0.0348. The Kier molecular flexibility index (Phi) is 6.36. The van der Waals surface area contributed by atoms with E-state index in [4.69, 9.17) is 9.47 Å². The molecule has 0 aromatic rings. The number of amides is 4. The van der Waals surface area contributed by atoms with Crippen LogP contribution in [0.2, 0.25) is 0 Å². The number of carbonyl (C=O) groups is 6. The van der Waals surface area contributed by atoms with Gasteiger partial charge in [-0.15, -0.1) is 0 Å². The maximum atomic E-state index is 11.5. The van der Waals surface area contributed by atoms with Crippen molar-refractivity contribution in [2.24, 2.45) is 0 Å². The fourth-order valence-corrected chi connectivity index (χ4v) is 2.10. The van der Waals surface area contributed by atoms with Gasteiger partial charge in [0.25, 0.3) is 23.6 Å². The van der Waals surface area contributed by atoms with Gasteiger partial charge in [-0.3, -0.25) is 38.6 Å². The smallest absolute Gasteiger partial charge is 0.326 e. The molecule has 0 aromatic heterocycles. The number of hydrogen-bond donors (Lipinski definition) is 0. The second-order valence-corrected chi connectivity index (χ2v) is 5.34. The number of nitrogens with zero attached hydrogens (tertiary/aromatic N) is 2. The number of hydrogen-bond acceptors (Lipinski definition) is 8. The Balaban J connectivity index is 1.52. The van der Waals surface area contributed by atoms with E-state index in [1.54, 1.807) is 0 Å². The summed E-state index contributed by atoms with van der Waals surface area (Å²) in [6, 6.07) is 0. The molecule has 0 unspecified atom stereocenters. The molecule has 2 rings (SSSR count). The number of imide groups is 2. The predicted octanol–water partition coefficient (Wildman–Crippen LogP) is -1.30. The molecule has 4 amide bonds. The molecule has 0 aromatic carbocycles. The normalized spacial score (nSPS) is 16.0. The van der Waals surface area contributed by atoms with Crippen molar-refractivity contribution in [2.75, 3.05) is 26.3 Å². The highest BCUT2D eigenvalue weighted by atomic mass is 16.5. The average molecular weight is 364 g/mol. The van der Waals surface area contributed by atoms with Crippen molar-refractivity contribution in [1.29, 1.82) is 0 Å². The summed E-state index contributed by atoms with van der Waals surface area (Å²) in [5.74, 6) is -3.70. The largest absolute Gasteiger partial charge is 0.464 e. The molecule has 0 saturated heterocycles. The Morgan fingerprint density at radius 2 is 0.962 bits per heavy atom. The van der Waals surface area contributed by atoms with Gasteiger partial charge >= 0.3 is 11.9 Å². The van der Waals surface area contributed by atoms with Crippen molar-refractivity contribution in [3.8, 4) is 0 Å². The van der Waals surface area contributed by atoms with Crippen LogP contribution in [-0.2, 0) is 38.2 Å². The summed E-state index contributed by atoms with van der Waals surface area (Å²) in [5, 5.41) is 0. The van der Waals surface area contributed by atoms with Gasteiger partial charge in [0, 0.05) is 24.3 Å². The summed E-state index contributed by atoms with van der Waals surface area (Å²) in [5.41, 5.74) is 0. The minimum Gasteiger partial charge on any atom is -0.464 e. The van der Waals surface area contributed by atoms with Gasteiger partial charge < -0.3 is 9.47 Å². The second kappa shape index (κ2) is 8.70. The summed E-state index contributed by atoms with van der Waals surface area (Å²) < 4.78 is 9.77. The lowest BCUT2D eigenvalue weighted by molar-refractivity contribution is -0.152. The van der Waals surface area contributed by atoms with E-state index in [9.17, 15) is 28.8 Å². The Morgan fingerprint density at radius 1 is 0.654 bits per heavy atom. The topological polar surface area (TPSA) is 127 Å². The number of esters is 2. The quantitative estimate of drug-likeness (QED) is 0.281. The van der Waals surface area contributed by atoms with Crippen molar-refractivity contribution in [1.82, 2.24) is 9.80 Å². The summed E-state index contributed by atoms with van der Waals surface area (Å²) in [6.07, 6.45) is 5.07. The monoisotopic (exact) mass is 364 g/mol. The van der Waals surface area contributed by atoms with E-state index in [0.717, 1.165) is 34.1 Å². The SMILES string of the molecule is O=C(CN1C(=O)C=CC1=O)OCCCCOC(=O)CN1C(=O)C=CC1=O.